The normalized spacial score (nSPS) is 33.0. The van der Waals surface area contributed by atoms with Crippen LogP contribution in [0.2, 0.25) is 18.1 Å². The quantitative estimate of drug-likeness (QED) is 0.0606. The topological polar surface area (TPSA) is 90.0 Å². The Labute approximate surface area is 360 Å². The van der Waals surface area contributed by atoms with Crippen molar-refractivity contribution in [3.05, 3.63) is 57.1 Å². The molecule has 324 valence electrons. The van der Waals surface area contributed by atoms with Gasteiger partial charge in [-0.25, -0.2) is 0 Å². The largest absolute Gasteiger partial charge is 0.468 e. The van der Waals surface area contributed by atoms with E-state index in [1.165, 1.54) is 64.1 Å². The van der Waals surface area contributed by atoms with Gasteiger partial charge < -0.3 is 9.47 Å². The second kappa shape index (κ2) is 16.9. The van der Waals surface area contributed by atoms with E-state index in [0.717, 1.165) is 78.6 Å². The Morgan fingerprint density at radius 3 is 2.07 bits per heavy atom. The second-order valence-electron chi connectivity index (χ2n) is 20.5. The van der Waals surface area contributed by atoms with Crippen molar-refractivity contribution < 1.29 is 28.7 Å². The molecule has 1 aromatic carbocycles. The maximum Gasteiger partial charge on any atom is 0.328 e. The van der Waals surface area contributed by atoms with Gasteiger partial charge in [0, 0.05) is 16.6 Å². The third-order valence-electron chi connectivity index (χ3n) is 17.8. The van der Waals surface area contributed by atoms with E-state index in [-0.39, 0.29) is 28.9 Å². The maximum atomic E-state index is 14.4. The molecule has 0 bridgehead atoms. The van der Waals surface area contributed by atoms with E-state index in [4.69, 9.17) is 9.47 Å². The van der Waals surface area contributed by atoms with Gasteiger partial charge in [-0.15, -0.1) is 11.8 Å². The number of allylic oxidation sites excluding steroid dienone is 2. The Morgan fingerprint density at radius 2 is 1.49 bits per heavy atom. The van der Waals surface area contributed by atoms with Gasteiger partial charge in [0.25, 0.3) is 11.8 Å². The molecule has 1 heterocycles. The summed E-state index contributed by atoms with van der Waals surface area (Å²) >= 11 is 1.69. The van der Waals surface area contributed by atoms with Crippen LogP contribution >= 0.6 is 11.8 Å². The van der Waals surface area contributed by atoms with Gasteiger partial charge in [-0.05, 0) is 115 Å². The molecule has 1 aromatic rings. The number of methoxy groups -OCH3 is 2. The number of hydrogen-bond acceptors (Lipinski definition) is 7. The number of esters is 2. The number of benzene rings is 1. The smallest absolute Gasteiger partial charge is 0.328 e. The monoisotopic (exact) mass is 843 g/mol. The minimum Gasteiger partial charge on any atom is -0.468 e. The summed E-state index contributed by atoms with van der Waals surface area (Å²) in [6.45, 7) is 19.1. The van der Waals surface area contributed by atoms with Crippen molar-refractivity contribution in [1.29, 1.82) is 0 Å². The lowest BCUT2D eigenvalue weighted by atomic mass is 9.47. The van der Waals surface area contributed by atoms with E-state index in [9.17, 15) is 19.2 Å². The summed E-state index contributed by atoms with van der Waals surface area (Å²) < 4.78 is 11.1. The fraction of sp³-hybridized carbons (Fsp3) is 0.720. The summed E-state index contributed by atoms with van der Waals surface area (Å²) in [5.41, 5.74) is 1.14. The lowest BCUT2D eigenvalue weighted by Gasteiger charge is -2.58. The van der Waals surface area contributed by atoms with Crippen LogP contribution in [0.5, 0.6) is 0 Å². The lowest BCUT2D eigenvalue weighted by molar-refractivity contribution is -0.165. The van der Waals surface area contributed by atoms with Gasteiger partial charge in [0.05, 0.1) is 39.5 Å². The van der Waals surface area contributed by atoms with Gasteiger partial charge in [0.2, 0.25) is 0 Å². The number of fused-ring (bicyclic) bond motifs is 6. The van der Waals surface area contributed by atoms with Gasteiger partial charge in [-0.2, -0.15) is 0 Å². The summed E-state index contributed by atoms with van der Waals surface area (Å²) in [5.74, 6) is 2.58. The van der Waals surface area contributed by atoms with Gasteiger partial charge in [-0.3, -0.25) is 24.1 Å². The summed E-state index contributed by atoms with van der Waals surface area (Å²) in [6, 6.07) is 8.84. The fourth-order valence-corrected chi connectivity index (χ4v) is 21.0. The average molecular weight is 844 g/mol. The molecule has 1 unspecified atom stereocenters. The number of carbonyl (C=O) groups is 4. The SMILES string of the molecule is CC[Si](CC)(CC)C1=C(S[C@H]2CC[C@@]3(C)C(=CC[C@H]4[C@@H]5CC[C@H]([C@H](C)CCCC(C)C)[C@@]5(C)CC[C@@H]43)C2)C(C(=O)OC)(C(=O)OC)CC1N1C(=O)c2ccccc2C1=O. The number of thioether (sulfide) groups is 1. The Kier molecular flexibility index (Phi) is 12.7. The zero-order valence-corrected chi connectivity index (χ0v) is 39.7. The molecule has 0 spiro atoms. The van der Waals surface area contributed by atoms with Crippen LogP contribution in [-0.2, 0) is 19.1 Å². The third-order valence-corrected chi connectivity index (χ3v) is 25.3. The van der Waals surface area contributed by atoms with Crippen LogP contribution < -0.4 is 0 Å². The maximum absolute atomic E-state index is 14.4. The number of nitrogens with zero attached hydrogens (tertiary/aromatic N) is 1. The molecule has 59 heavy (non-hydrogen) atoms. The van der Waals surface area contributed by atoms with Crippen LogP contribution in [0, 0.1) is 51.8 Å². The number of ether oxygens (including phenoxy) is 2. The van der Waals surface area contributed by atoms with E-state index in [0.29, 0.717) is 27.4 Å². The Morgan fingerprint density at radius 1 is 0.864 bits per heavy atom. The Balaban J connectivity index is 1.23. The van der Waals surface area contributed by atoms with Crippen molar-refractivity contribution in [3.8, 4) is 0 Å². The predicted molar refractivity (Wildman–Crippen MR) is 240 cm³/mol. The minimum absolute atomic E-state index is 0.0430. The first-order valence-electron chi connectivity index (χ1n) is 23.4. The zero-order valence-electron chi connectivity index (χ0n) is 37.9. The molecule has 7 rings (SSSR count). The van der Waals surface area contributed by atoms with Crippen LogP contribution in [-0.4, -0.2) is 62.2 Å². The van der Waals surface area contributed by atoms with Gasteiger partial charge >= 0.3 is 11.9 Å². The summed E-state index contributed by atoms with van der Waals surface area (Å²) in [4.78, 5) is 59.5. The molecule has 9 atom stereocenters. The molecule has 9 heteroatoms. The highest BCUT2D eigenvalue weighted by molar-refractivity contribution is 8.03. The van der Waals surface area contributed by atoms with E-state index < -0.39 is 31.5 Å². The van der Waals surface area contributed by atoms with E-state index in [2.05, 4.69) is 61.5 Å². The highest BCUT2D eigenvalue weighted by atomic mass is 32.2. The average Bonchev–Trinajstić information content (AvgIpc) is 3.85. The molecule has 0 radical (unpaired) electrons. The van der Waals surface area contributed by atoms with E-state index in [1.807, 2.05) is 0 Å². The van der Waals surface area contributed by atoms with Gasteiger partial charge in [0.15, 0.2) is 5.41 Å². The first-order valence-corrected chi connectivity index (χ1v) is 26.9. The molecule has 5 aliphatic carbocycles. The molecule has 0 aromatic heterocycles. The molecule has 7 nitrogen and oxygen atoms in total. The van der Waals surface area contributed by atoms with Crippen LogP contribution in [0.15, 0.2) is 46.0 Å². The van der Waals surface area contributed by atoms with E-state index >= 15 is 0 Å². The van der Waals surface area contributed by atoms with Gasteiger partial charge in [0.1, 0.15) is 0 Å². The molecule has 3 fully saturated rings. The van der Waals surface area contributed by atoms with Crippen LogP contribution in [0.1, 0.15) is 153 Å². The van der Waals surface area contributed by atoms with Crippen molar-refractivity contribution in [1.82, 2.24) is 4.90 Å². The first-order chi connectivity index (χ1) is 28.1. The summed E-state index contributed by atoms with van der Waals surface area (Å²) in [6.07, 6.45) is 16.2. The van der Waals surface area contributed by atoms with Crippen molar-refractivity contribution in [2.24, 2.45) is 51.8 Å². The van der Waals surface area contributed by atoms with Crippen LogP contribution in [0.4, 0.5) is 0 Å². The number of hydrogen-bond donors (Lipinski definition) is 0. The summed E-state index contributed by atoms with van der Waals surface area (Å²) in [5, 5.41) is 1.14. The van der Waals surface area contributed by atoms with Crippen molar-refractivity contribution in [3.63, 3.8) is 0 Å². The molecule has 3 saturated carbocycles. The number of rotatable bonds is 14. The highest BCUT2D eigenvalue weighted by Gasteiger charge is 2.65. The van der Waals surface area contributed by atoms with Crippen LogP contribution in [0.25, 0.3) is 0 Å². The fourth-order valence-electron chi connectivity index (χ4n) is 14.4. The molecule has 6 aliphatic rings. The van der Waals surface area contributed by atoms with Crippen molar-refractivity contribution in [2.45, 2.75) is 162 Å². The van der Waals surface area contributed by atoms with E-state index in [1.54, 1.807) is 41.6 Å². The highest BCUT2D eigenvalue weighted by Crippen LogP contribution is 2.68. The number of amides is 2. The molecule has 0 saturated heterocycles. The zero-order chi connectivity index (χ0) is 42.7. The third kappa shape index (κ3) is 6.97. The van der Waals surface area contributed by atoms with Crippen LogP contribution in [0.3, 0.4) is 0 Å². The molecule has 2 amide bonds. The molecular weight excluding hydrogens is 771 g/mol. The van der Waals surface area contributed by atoms with Gasteiger partial charge in [-0.1, -0.05) is 117 Å². The van der Waals surface area contributed by atoms with Crippen molar-refractivity contribution in [2.75, 3.05) is 14.2 Å². The number of imide groups is 1. The summed E-state index contributed by atoms with van der Waals surface area (Å²) in [7, 11) is 0.197. The first kappa shape index (κ1) is 44.4. The Hall–Kier alpha value is -2.65. The number of carbonyl (C=O) groups excluding carboxylic acids is 4. The predicted octanol–water partition coefficient (Wildman–Crippen LogP) is 11.8. The molecule has 0 N–H and O–H groups in total. The Bertz CT molecular complexity index is 1820. The molecule has 1 aliphatic heterocycles. The minimum atomic E-state index is -2.47. The molecular formula is C50H73NO6SSi. The van der Waals surface area contributed by atoms with Crippen molar-refractivity contribution >= 4 is 43.6 Å². The second-order valence-corrected chi connectivity index (χ2v) is 27.0. The standard InChI is InChI=1S/C50H73NO6SSi/c1-11-59(12-2,13-3)42-41(51-44(52)35-19-14-15-20-36(35)45(51)53)30-50(46(54)56-9,47(55)57-10)43(42)58-34-25-27-48(7)33(29-34)21-22-37-39-24-23-38(32(6)18-16-17-31(4)5)49(39,8)28-26-40(37)48/h14-15,19-21,31-32,34,37-41H,11-13,16-18,22-30H2,1-10H3/t32-,34+,37+,38-,39+,40+,41?,48+,49-/m1/s1. The lowest BCUT2D eigenvalue weighted by Crippen LogP contribution is -2.50.